The van der Waals surface area contributed by atoms with E-state index in [0.717, 1.165) is 36.8 Å². The summed E-state index contributed by atoms with van der Waals surface area (Å²) in [5.74, 6) is 0.175. The fourth-order valence-electron chi connectivity index (χ4n) is 4.31. The summed E-state index contributed by atoms with van der Waals surface area (Å²) in [5.41, 5.74) is 1.92. The van der Waals surface area contributed by atoms with Crippen molar-refractivity contribution in [2.75, 3.05) is 20.2 Å². The molecule has 0 bridgehead atoms. The maximum absolute atomic E-state index is 13.5. The van der Waals surface area contributed by atoms with Crippen molar-refractivity contribution in [3.05, 3.63) is 95.6 Å². The summed E-state index contributed by atoms with van der Waals surface area (Å²) in [5, 5.41) is 0. The van der Waals surface area contributed by atoms with Crippen LogP contribution < -0.4 is 9.46 Å². The van der Waals surface area contributed by atoms with Crippen LogP contribution in [0.2, 0.25) is 0 Å². The maximum atomic E-state index is 13.5. The molecule has 4 rings (SSSR count). The van der Waals surface area contributed by atoms with E-state index in [2.05, 4.69) is 4.72 Å². The maximum Gasteiger partial charge on any atom is 0.257 e. The molecular weight excluding hydrogens is 448 g/mol. The number of methoxy groups -OCH3 is 1. The van der Waals surface area contributed by atoms with Crippen LogP contribution in [-0.4, -0.2) is 39.4 Å². The highest BCUT2D eigenvalue weighted by atomic mass is 32.2. The minimum absolute atomic E-state index is 0.0309. The molecule has 3 aromatic rings. The van der Waals surface area contributed by atoms with Gasteiger partial charge in [0, 0.05) is 13.1 Å². The van der Waals surface area contributed by atoms with Crippen molar-refractivity contribution >= 4 is 15.9 Å². The van der Waals surface area contributed by atoms with Gasteiger partial charge in [0.2, 0.25) is 10.0 Å². The Morgan fingerprint density at radius 1 is 0.853 bits per heavy atom. The molecule has 0 unspecified atom stereocenters. The van der Waals surface area contributed by atoms with Crippen molar-refractivity contribution in [3.8, 4) is 5.75 Å². The summed E-state index contributed by atoms with van der Waals surface area (Å²) >= 11 is 0. The van der Waals surface area contributed by atoms with Crippen LogP contribution in [0.3, 0.4) is 0 Å². The molecule has 1 saturated heterocycles. The molecule has 1 aliphatic heterocycles. The molecular formula is C27H30N2O4S. The number of ether oxygens (including phenoxy) is 1. The van der Waals surface area contributed by atoms with Crippen LogP contribution in [0, 0.1) is 0 Å². The van der Waals surface area contributed by atoms with Gasteiger partial charge in [0.05, 0.1) is 23.6 Å². The van der Waals surface area contributed by atoms with E-state index < -0.39 is 16.1 Å². The summed E-state index contributed by atoms with van der Waals surface area (Å²) in [6.07, 6.45) is 4.09. The number of nitrogens with zero attached hydrogens (tertiary/aromatic N) is 1. The SMILES string of the molecule is COc1ccc(S(=O)(=O)NC(c2ccccc2)c2ccccc2)cc1C(=O)N1CCCCCC1. The summed E-state index contributed by atoms with van der Waals surface area (Å²) in [6, 6.07) is 22.8. The van der Waals surface area contributed by atoms with E-state index in [-0.39, 0.29) is 16.4 Å². The van der Waals surface area contributed by atoms with Gasteiger partial charge in [0.1, 0.15) is 5.75 Å². The zero-order chi connectivity index (χ0) is 24.0. The Morgan fingerprint density at radius 2 is 1.41 bits per heavy atom. The largest absolute Gasteiger partial charge is 0.496 e. The Bertz CT molecular complexity index is 1170. The molecule has 0 aliphatic carbocycles. The third kappa shape index (κ3) is 5.48. The molecule has 0 spiro atoms. The number of hydrogen-bond donors (Lipinski definition) is 1. The first kappa shape index (κ1) is 24.0. The van der Waals surface area contributed by atoms with Crippen molar-refractivity contribution in [2.24, 2.45) is 0 Å². The predicted octanol–water partition coefficient (Wildman–Crippen LogP) is 4.78. The first-order valence-corrected chi connectivity index (χ1v) is 13.1. The number of hydrogen-bond acceptors (Lipinski definition) is 4. The lowest BCUT2D eigenvalue weighted by molar-refractivity contribution is 0.0758. The number of sulfonamides is 1. The monoisotopic (exact) mass is 478 g/mol. The highest BCUT2D eigenvalue weighted by molar-refractivity contribution is 7.89. The first-order chi connectivity index (χ1) is 16.5. The van der Waals surface area contributed by atoms with E-state index in [4.69, 9.17) is 4.74 Å². The summed E-state index contributed by atoms with van der Waals surface area (Å²) < 4.78 is 35.3. The molecule has 0 radical (unpaired) electrons. The summed E-state index contributed by atoms with van der Waals surface area (Å²) in [6.45, 7) is 1.34. The zero-order valence-electron chi connectivity index (χ0n) is 19.3. The number of carbonyl (C=O) groups is 1. The second kappa shape index (κ2) is 10.8. The summed E-state index contributed by atoms with van der Waals surface area (Å²) in [7, 11) is -2.46. The Kier molecular flexibility index (Phi) is 7.65. The number of carbonyl (C=O) groups excluding carboxylic acids is 1. The first-order valence-electron chi connectivity index (χ1n) is 11.6. The quantitative estimate of drug-likeness (QED) is 0.530. The molecule has 1 amide bonds. The standard InChI is InChI=1S/C27H30N2O4S/c1-33-25-17-16-23(20-24(25)27(30)29-18-10-2-3-11-19-29)34(31,32)28-26(21-12-6-4-7-13-21)22-14-8-5-9-15-22/h4-9,12-17,20,26,28H,2-3,10-11,18-19H2,1H3. The van der Waals surface area contributed by atoms with Crippen LogP contribution in [0.5, 0.6) is 5.75 Å². The molecule has 1 fully saturated rings. The van der Waals surface area contributed by atoms with Gasteiger partial charge in [-0.25, -0.2) is 8.42 Å². The van der Waals surface area contributed by atoms with Gasteiger partial charge in [-0.15, -0.1) is 0 Å². The normalized spacial score (nSPS) is 14.6. The van der Waals surface area contributed by atoms with E-state index in [1.165, 1.54) is 19.2 Å². The van der Waals surface area contributed by atoms with Gasteiger partial charge < -0.3 is 9.64 Å². The number of nitrogens with one attached hydrogen (secondary N) is 1. The van der Waals surface area contributed by atoms with E-state index in [9.17, 15) is 13.2 Å². The smallest absolute Gasteiger partial charge is 0.257 e. The predicted molar refractivity (Wildman–Crippen MR) is 132 cm³/mol. The Balaban J connectivity index is 1.68. The van der Waals surface area contributed by atoms with Crippen LogP contribution in [0.1, 0.15) is 53.2 Å². The van der Waals surface area contributed by atoms with Crippen LogP contribution in [0.15, 0.2) is 83.8 Å². The second-order valence-electron chi connectivity index (χ2n) is 8.44. The molecule has 0 atom stereocenters. The molecule has 1 aliphatic rings. The Labute approximate surface area is 201 Å². The second-order valence-corrected chi connectivity index (χ2v) is 10.2. The average Bonchev–Trinajstić information content (AvgIpc) is 3.17. The van der Waals surface area contributed by atoms with Crippen molar-refractivity contribution < 1.29 is 17.9 Å². The highest BCUT2D eigenvalue weighted by Crippen LogP contribution is 2.28. The van der Waals surface area contributed by atoms with Crippen molar-refractivity contribution in [2.45, 2.75) is 36.6 Å². The molecule has 0 aromatic heterocycles. The van der Waals surface area contributed by atoms with E-state index in [1.54, 1.807) is 11.0 Å². The Morgan fingerprint density at radius 3 is 1.94 bits per heavy atom. The molecule has 7 heteroatoms. The fourth-order valence-corrected chi connectivity index (χ4v) is 5.55. The molecule has 6 nitrogen and oxygen atoms in total. The molecule has 178 valence electrons. The number of rotatable bonds is 7. The third-order valence-electron chi connectivity index (χ3n) is 6.14. The highest BCUT2D eigenvalue weighted by Gasteiger charge is 2.27. The molecule has 34 heavy (non-hydrogen) atoms. The minimum Gasteiger partial charge on any atom is -0.496 e. The third-order valence-corrected chi connectivity index (χ3v) is 7.56. The number of likely N-dealkylation sites (tertiary alicyclic amines) is 1. The van der Waals surface area contributed by atoms with Crippen LogP contribution in [0.4, 0.5) is 0 Å². The van der Waals surface area contributed by atoms with Crippen molar-refractivity contribution in [1.29, 1.82) is 0 Å². The van der Waals surface area contributed by atoms with Gasteiger partial charge in [-0.1, -0.05) is 73.5 Å². The fraction of sp³-hybridized carbons (Fsp3) is 0.296. The molecule has 3 aromatic carbocycles. The van der Waals surface area contributed by atoms with Crippen LogP contribution in [-0.2, 0) is 10.0 Å². The lowest BCUT2D eigenvalue weighted by atomic mass is 10.00. The van der Waals surface area contributed by atoms with Crippen LogP contribution in [0.25, 0.3) is 0 Å². The molecule has 1 heterocycles. The van der Waals surface area contributed by atoms with Gasteiger partial charge in [-0.2, -0.15) is 4.72 Å². The van der Waals surface area contributed by atoms with Crippen molar-refractivity contribution in [1.82, 2.24) is 9.62 Å². The Hall–Kier alpha value is -3.16. The number of amides is 1. The van der Waals surface area contributed by atoms with Gasteiger partial charge in [0.15, 0.2) is 0 Å². The van der Waals surface area contributed by atoms with Gasteiger partial charge in [-0.05, 0) is 42.2 Å². The van der Waals surface area contributed by atoms with E-state index >= 15 is 0 Å². The average molecular weight is 479 g/mol. The van der Waals surface area contributed by atoms with Gasteiger partial charge >= 0.3 is 0 Å². The molecule has 1 N–H and O–H groups in total. The lowest BCUT2D eigenvalue weighted by Crippen LogP contribution is -2.33. The van der Waals surface area contributed by atoms with E-state index in [1.807, 2.05) is 60.7 Å². The molecule has 0 saturated carbocycles. The topological polar surface area (TPSA) is 75.7 Å². The van der Waals surface area contributed by atoms with E-state index in [0.29, 0.717) is 18.8 Å². The van der Waals surface area contributed by atoms with Crippen LogP contribution >= 0.6 is 0 Å². The van der Waals surface area contributed by atoms with Gasteiger partial charge in [-0.3, -0.25) is 4.79 Å². The van der Waals surface area contributed by atoms with Crippen molar-refractivity contribution in [3.63, 3.8) is 0 Å². The zero-order valence-corrected chi connectivity index (χ0v) is 20.1. The summed E-state index contributed by atoms with van der Waals surface area (Å²) in [4.78, 5) is 15.1. The van der Waals surface area contributed by atoms with Gasteiger partial charge in [0.25, 0.3) is 5.91 Å². The number of benzene rings is 3. The lowest BCUT2D eigenvalue weighted by Gasteiger charge is -2.23. The minimum atomic E-state index is -3.95.